The van der Waals surface area contributed by atoms with E-state index in [4.69, 9.17) is 16.0 Å². The third kappa shape index (κ3) is 3.39. The summed E-state index contributed by atoms with van der Waals surface area (Å²) in [4.78, 5) is 12.1. The van der Waals surface area contributed by atoms with Gasteiger partial charge in [0, 0.05) is 12.2 Å². The molecule has 122 valence electrons. The van der Waals surface area contributed by atoms with Gasteiger partial charge in [-0.15, -0.1) is 0 Å². The normalized spacial score (nSPS) is 16.5. The van der Waals surface area contributed by atoms with Crippen LogP contribution in [0.25, 0.3) is 0 Å². The van der Waals surface area contributed by atoms with Crippen LogP contribution < -0.4 is 9.62 Å². The van der Waals surface area contributed by atoms with E-state index >= 15 is 0 Å². The summed E-state index contributed by atoms with van der Waals surface area (Å²) in [5, 5.41) is 2.97. The van der Waals surface area contributed by atoms with E-state index in [-0.39, 0.29) is 11.5 Å². The molecule has 1 aromatic carbocycles. The van der Waals surface area contributed by atoms with Crippen LogP contribution in [0.2, 0.25) is 5.02 Å². The van der Waals surface area contributed by atoms with Crippen LogP contribution in [-0.4, -0.2) is 26.6 Å². The van der Waals surface area contributed by atoms with E-state index < -0.39 is 15.9 Å². The van der Waals surface area contributed by atoms with Crippen molar-refractivity contribution in [3.63, 3.8) is 0 Å². The predicted molar refractivity (Wildman–Crippen MR) is 91.6 cm³/mol. The Balaban J connectivity index is 1.87. The van der Waals surface area contributed by atoms with Crippen LogP contribution in [0.15, 0.2) is 39.4 Å². The maximum Gasteiger partial charge on any atom is 0.291 e. The first kappa shape index (κ1) is 16.4. The summed E-state index contributed by atoms with van der Waals surface area (Å²) in [5.74, 6) is -0.198. The molecule has 1 aliphatic heterocycles. The molecule has 0 spiro atoms. The number of nitrogens with zero attached hydrogens (tertiary/aromatic N) is 1. The van der Waals surface area contributed by atoms with Crippen molar-refractivity contribution in [1.29, 1.82) is 0 Å². The first-order valence-electron chi connectivity index (χ1n) is 6.73. The van der Waals surface area contributed by atoms with Crippen LogP contribution in [0.5, 0.6) is 0 Å². The Kier molecular flexibility index (Phi) is 4.39. The van der Waals surface area contributed by atoms with E-state index in [1.165, 1.54) is 10.4 Å². The van der Waals surface area contributed by atoms with Crippen molar-refractivity contribution in [1.82, 2.24) is 0 Å². The zero-order chi connectivity index (χ0) is 16.6. The van der Waals surface area contributed by atoms with E-state index in [2.05, 4.69) is 21.2 Å². The highest BCUT2D eigenvalue weighted by Gasteiger charge is 2.30. The topological polar surface area (TPSA) is 79.6 Å². The molecule has 3 rings (SSSR count). The molecule has 1 amide bonds. The lowest BCUT2D eigenvalue weighted by Crippen LogP contribution is -2.25. The molecule has 0 atom stereocenters. The standard InChI is InChI=1S/C14H12BrClN2O4S/c15-13-5-4-12(22-13)14(19)17-9-2-3-10(16)11(8-9)18-6-1-7-23(18,20)21/h2-5,8H,1,6-7H2,(H,17,19). The smallest absolute Gasteiger partial charge is 0.291 e. The lowest BCUT2D eigenvalue weighted by Gasteiger charge is -2.19. The Bertz CT molecular complexity index is 865. The van der Waals surface area contributed by atoms with Gasteiger partial charge in [-0.1, -0.05) is 11.6 Å². The number of hydrogen-bond acceptors (Lipinski definition) is 4. The van der Waals surface area contributed by atoms with Crippen LogP contribution in [0.3, 0.4) is 0 Å². The van der Waals surface area contributed by atoms with E-state index in [0.717, 1.165) is 0 Å². The maximum absolute atomic E-state index is 12.1. The van der Waals surface area contributed by atoms with Gasteiger partial charge in [0.15, 0.2) is 10.4 Å². The average Bonchev–Trinajstić information content (AvgIpc) is 3.06. The van der Waals surface area contributed by atoms with Gasteiger partial charge in [-0.2, -0.15) is 0 Å². The second-order valence-electron chi connectivity index (χ2n) is 4.97. The molecule has 23 heavy (non-hydrogen) atoms. The number of carbonyl (C=O) groups is 1. The summed E-state index contributed by atoms with van der Waals surface area (Å²) in [6, 6.07) is 7.84. The highest BCUT2D eigenvalue weighted by Crippen LogP contribution is 2.33. The summed E-state index contributed by atoms with van der Waals surface area (Å²) >= 11 is 9.24. The second kappa shape index (κ2) is 6.18. The summed E-state index contributed by atoms with van der Waals surface area (Å²) in [6.07, 6.45) is 0.551. The number of hydrogen-bond donors (Lipinski definition) is 1. The SMILES string of the molecule is O=C(Nc1ccc(Cl)c(N2CCCS2(=O)=O)c1)c1ccc(Br)o1. The number of nitrogens with one attached hydrogen (secondary N) is 1. The van der Waals surface area contributed by atoms with Crippen molar-refractivity contribution in [2.45, 2.75) is 6.42 Å². The summed E-state index contributed by atoms with van der Waals surface area (Å²) in [5.41, 5.74) is 0.798. The van der Waals surface area contributed by atoms with Gasteiger partial charge >= 0.3 is 0 Å². The minimum atomic E-state index is -3.35. The van der Waals surface area contributed by atoms with Gasteiger partial charge in [-0.3, -0.25) is 9.10 Å². The fraction of sp³-hybridized carbons (Fsp3) is 0.214. The highest BCUT2D eigenvalue weighted by atomic mass is 79.9. The van der Waals surface area contributed by atoms with Crippen LogP contribution in [0, 0.1) is 0 Å². The molecule has 1 fully saturated rings. The average molecular weight is 420 g/mol. The Morgan fingerprint density at radius 1 is 1.30 bits per heavy atom. The van der Waals surface area contributed by atoms with E-state index in [1.54, 1.807) is 24.3 Å². The first-order chi connectivity index (χ1) is 10.9. The molecule has 0 aliphatic carbocycles. The molecule has 1 saturated heterocycles. The highest BCUT2D eigenvalue weighted by molar-refractivity contribution is 9.10. The van der Waals surface area contributed by atoms with Gasteiger partial charge < -0.3 is 9.73 Å². The molecular formula is C14H12BrClN2O4S. The van der Waals surface area contributed by atoms with Crippen molar-refractivity contribution in [2.75, 3.05) is 21.9 Å². The third-order valence-electron chi connectivity index (χ3n) is 3.37. The van der Waals surface area contributed by atoms with Crippen LogP contribution >= 0.6 is 27.5 Å². The summed E-state index contributed by atoms with van der Waals surface area (Å²) in [7, 11) is -3.35. The molecule has 0 bridgehead atoms. The lowest BCUT2D eigenvalue weighted by atomic mass is 10.2. The van der Waals surface area contributed by atoms with Crippen molar-refractivity contribution < 1.29 is 17.6 Å². The van der Waals surface area contributed by atoms with Gasteiger partial charge in [-0.05, 0) is 52.7 Å². The summed E-state index contributed by atoms with van der Waals surface area (Å²) in [6.45, 7) is 0.380. The van der Waals surface area contributed by atoms with Gasteiger partial charge in [0.1, 0.15) is 0 Å². The first-order valence-corrected chi connectivity index (χ1v) is 9.51. The molecular weight excluding hydrogens is 408 g/mol. The number of furan rings is 1. The fourth-order valence-electron chi connectivity index (χ4n) is 2.32. The van der Waals surface area contributed by atoms with Gasteiger partial charge in [-0.25, -0.2) is 8.42 Å². The molecule has 9 heteroatoms. The Hall–Kier alpha value is -1.51. The Morgan fingerprint density at radius 3 is 2.70 bits per heavy atom. The Morgan fingerprint density at radius 2 is 2.09 bits per heavy atom. The van der Waals surface area contributed by atoms with E-state index in [1.807, 2.05) is 0 Å². The molecule has 1 aromatic heterocycles. The molecule has 2 aromatic rings. The molecule has 1 N–H and O–H groups in total. The quantitative estimate of drug-likeness (QED) is 0.826. The number of anilines is 2. The molecule has 0 unspecified atom stereocenters. The van der Waals surface area contributed by atoms with Crippen molar-refractivity contribution in [2.24, 2.45) is 0 Å². The molecule has 1 aliphatic rings. The molecule has 2 heterocycles. The van der Waals surface area contributed by atoms with Crippen molar-refractivity contribution in [3.05, 3.63) is 45.8 Å². The van der Waals surface area contributed by atoms with Crippen LogP contribution in [-0.2, 0) is 10.0 Å². The molecule has 0 radical (unpaired) electrons. The third-order valence-corrected chi connectivity index (χ3v) is 5.97. The van der Waals surface area contributed by atoms with Crippen molar-refractivity contribution in [3.8, 4) is 0 Å². The number of rotatable bonds is 3. The number of sulfonamides is 1. The predicted octanol–water partition coefficient (Wildman–Crippen LogP) is 3.49. The maximum atomic E-state index is 12.1. The number of amides is 1. The van der Waals surface area contributed by atoms with Gasteiger partial charge in [0.05, 0.1) is 16.5 Å². The zero-order valence-electron chi connectivity index (χ0n) is 11.8. The van der Waals surface area contributed by atoms with E-state index in [0.29, 0.717) is 34.0 Å². The monoisotopic (exact) mass is 418 g/mol. The number of benzene rings is 1. The summed E-state index contributed by atoms with van der Waals surface area (Å²) < 4.78 is 31.0. The van der Waals surface area contributed by atoms with Crippen LogP contribution in [0.1, 0.15) is 17.0 Å². The number of carbonyl (C=O) groups excluding carboxylic acids is 1. The largest absolute Gasteiger partial charge is 0.444 e. The lowest BCUT2D eigenvalue weighted by molar-refractivity contribution is 0.0995. The minimum Gasteiger partial charge on any atom is -0.444 e. The van der Waals surface area contributed by atoms with Gasteiger partial charge in [0.2, 0.25) is 10.0 Å². The minimum absolute atomic E-state index is 0.0976. The zero-order valence-corrected chi connectivity index (χ0v) is 14.9. The fourth-order valence-corrected chi connectivity index (χ4v) is 4.47. The van der Waals surface area contributed by atoms with Gasteiger partial charge in [0.25, 0.3) is 5.91 Å². The van der Waals surface area contributed by atoms with Crippen LogP contribution in [0.4, 0.5) is 11.4 Å². The van der Waals surface area contributed by atoms with Crippen molar-refractivity contribution >= 4 is 54.8 Å². The Labute approximate surface area is 146 Å². The van der Waals surface area contributed by atoms with E-state index in [9.17, 15) is 13.2 Å². The number of halogens is 2. The molecule has 6 nitrogen and oxygen atoms in total. The second-order valence-corrected chi connectivity index (χ2v) is 8.17. The molecule has 0 saturated carbocycles.